The van der Waals surface area contributed by atoms with E-state index in [1.54, 1.807) is 23.6 Å². The number of carbonyl (C=O) groups is 1. The van der Waals surface area contributed by atoms with Crippen molar-refractivity contribution in [1.82, 2.24) is 10.1 Å². The van der Waals surface area contributed by atoms with Gasteiger partial charge < -0.3 is 15.2 Å². The van der Waals surface area contributed by atoms with Crippen molar-refractivity contribution in [1.29, 1.82) is 0 Å². The van der Waals surface area contributed by atoms with E-state index in [0.717, 1.165) is 11.6 Å². The Kier molecular flexibility index (Phi) is 4.81. The quantitative estimate of drug-likeness (QED) is 0.490. The van der Waals surface area contributed by atoms with Gasteiger partial charge in [-0.25, -0.2) is 13.8 Å². The Hall–Kier alpha value is -3.59. The average Bonchev–Trinajstić information content (AvgIpc) is 3.36. The predicted molar refractivity (Wildman–Crippen MR) is 102 cm³/mol. The van der Waals surface area contributed by atoms with Crippen molar-refractivity contribution in [3.63, 3.8) is 0 Å². The summed E-state index contributed by atoms with van der Waals surface area (Å²) in [6, 6.07) is 11.8. The van der Waals surface area contributed by atoms with E-state index in [-0.39, 0.29) is 11.4 Å². The fraction of sp³-hybridized carbons (Fsp3) is 0. The molecule has 0 radical (unpaired) electrons. The van der Waals surface area contributed by atoms with Gasteiger partial charge in [-0.1, -0.05) is 17.3 Å². The standard InChI is InChI=1S/C19H12F2N4O2S/c20-12-4-5-15(14(21)9-12)24-19-25-16(10-28-19)11-2-1-3-13(8-11)23-18(26)17-6-7-22-27-17/h1-10H,(H,23,26)(H,24,25). The minimum atomic E-state index is -0.700. The van der Waals surface area contributed by atoms with Gasteiger partial charge in [-0.3, -0.25) is 4.79 Å². The molecule has 0 bridgehead atoms. The molecular formula is C19H12F2N4O2S. The molecule has 0 atom stereocenters. The van der Waals surface area contributed by atoms with Gasteiger partial charge in [0.2, 0.25) is 5.76 Å². The van der Waals surface area contributed by atoms with Gasteiger partial charge in [0.15, 0.2) is 5.13 Å². The number of rotatable bonds is 5. The molecule has 0 aliphatic heterocycles. The van der Waals surface area contributed by atoms with Gasteiger partial charge in [0.05, 0.1) is 17.6 Å². The summed E-state index contributed by atoms with van der Waals surface area (Å²) in [4.78, 5) is 16.5. The number of benzene rings is 2. The van der Waals surface area contributed by atoms with Gasteiger partial charge in [0.1, 0.15) is 11.6 Å². The molecule has 0 aliphatic rings. The van der Waals surface area contributed by atoms with Crippen LogP contribution in [0.5, 0.6) is 0 Å². The molecule has 2 N–H and O–H groups in total. The zero-order chi connectivity index (χ0) is 19.5. The van der Waals surface area contributed by atoms with Crippen LogP contribution in [-0.2, 0) is 0 Å². The van der Waals surface area contributed by atoms with E-state index in [1.807, 2.05) is 6.07 Å². The van der Waals surface area contributed by atoms with Crippen molar-refractivity contribution >= 4 is 33.8 Å². The Bertz CT molecular complexity index is 1130. The van der Waals surface area contributed by atoms with Crippen LogP contribution < -0.4 is 10.6 Å². The second kappa shape index (κ2) is 7.57. The van der Waals surface area contributed by atoms with Crippen LogP contribution in [0.15, 0.2) is 64.6 Å². The molecule has 2 heterocycles. The van der Waals surface area contributed by atoms with E-state index in [4.69, 9.17) is 4.52 Å². The number of aromatic nitrogens is 2. The van der Waals surface area contributed by atoms with Crippen molar-refractivity contribution in [2.24, 2.45) is 0 Å². The third-order valence-electron chi connectivity index (χ3n) is 3.75. The van der Waals surface area contributed by atoms with Crippen molar-refractivity contribution in [2.45, 2.75) is 0 Å². The van der Waals surface area contributed by atoms with Gasteiger partial charge >= 0.3 is 0 Å². The Morgan fingerprint density at radius 3 is 2.79 bits per heavy atom. The lowest BCUT2D eigenvalue weighted by Crippen LogP contribution is -2.10. The van der Waals surface area contributed by atoms with Gasteiger partial charge in [-0.15, -0.1) is 11.3 Å². The second-order valence-corrected chi connectivity index (χ2v) is 6.56. The van der Waals surface area contributed by atoms with Crippen molar-refractivity contribution in [3.05, 3.63) is 77.5 Å². The van der Waals surface area contributed by atoms with Crippen LogP contribution in [0.4, 0.5) is 25.3 Å². The number of nitrogens with one attached hydrogen (secondary N) is 2. The summed E-state index contributed by atoms with van der Waals surface area (Å²) in [6.45, 7) is 0. The molecule has 0 saturated heterocycles. The highest BCUT2D eigenvalue weighted by Gasteiger charge is 2.12. The number of anilines is 3. The maximum atomic E-state index is 13.8. The van der Waals surface area contributed by atoms with Crippen LogP contribution in [0.25, 0.3) is 11.3 Å². The molecular weight excluding hydrogens is 386 g/mol. The van der Waals surface area contributed by atoms with Crippen LogP contribution in [0.2, 0.25) is 0 Å². The lowest BCUT2D eigenvalue weighted by molar-refractivity contribution is 0.0988. The molecule has 0 saturated carbocycles. The number of hydrogen-bond acceptors (Lipinski definition) is 6. The summed E-state index contributed by atoms with van der Waals surface area (Å²) in [6.07, 6.45) is 1.39. The third kappa shape index (κ3) is 3.89. The first-order chi connectivity index (χ1) is 13.6. The smallest absolute Gasteiger partial charge is 0.294 e. The van der Waals surface area contributed by atoms with Crippen LogP contribution >= 0.6 is 11.3 Å². The maximum absolute atomic E-state index is 13.8. The molecule has 2 aromatic heterocycles. The summed E-state index contributed by atoms with van der Waals surface area (Å²) in [5.41, 5.74) is 2.10. The van der Waals surface area contributed by atoms with Crippen LogP contribution in [-0.4, -0.2) is 16.0 Å². The molecule has 0 unspecified atom stereocenters. The molecule has 6 nitrogen and oxygen atoms in total. The van der Waals surface area contributed by atoms with Gasteiger partial charge in [0, 0.05) is 28.8 Å². The van der Waals surface area contributed by atoms with Crippen molar-refractivity contribution in [3.8, 4) is 11.3 Å². The summed E-state index contributed by atoms with van der Waals surface area (Å²) in [5, 5.41) is 11.3. The van der Waals surface area contributed by atoms with E-state index in [2.05, 4.69) is 20.8 Å². The van der Waals surface area contributed by atoms with E-state index in [0.29, 0.717) is 16.5 Å². The maximum Gasteiger partial charge on any atom is 0.294 e. The fourth-order valence-electron chi connectivity index (χ4n) is 2.45. The number of nitrogens with zero attached hydrogens (tertiary/aromatic N) is 2. The summed E-state index contributed by atoms with van der Waals surface area (Å²) < 4.78 is 31.6. The molecule has 2 aromatic carbocycles. The zero-order valence-electron chi connectivity index (χ0n) is 14.1. The molecule has 0 spiro atoms. The number of hydrogen-bond donors (Lipinski definition) is 2. The number of halogens is 2. The summed E-state index contributed by atoms with van der Waals surface area (Å²) >= 11 is 1.28. The largest absolute Gasteiger partial charge is 0.351 e. The van der Waals surface area contributed by atoms with E-state index in [9.17, 15) is 13.6 Å². The molecule has 0 aliphatic carbocycles. The van der Waals surface area contributed by atoms with Gasteiger partial charge in [-0.05, 0) is 24.3 Å². The topological polar surface area (TPSA) is 80.0 Å². The Morgan fingerprint density at radius 2 is 2.00 bits per heavy atom. The van der Waals surface area contributed by atoms with Gasteiger partial charge in [-0.2, -0.15) is 0 Å². The van der Waals surface area contributed by atoms with Crippen LogP contribution in [0.1, 0.15) is 10.6 Å². The first-order valence-electron chi connectivity index (χ1n) is 8.08. The molecule has 0 fully saturated rings. The molecule has 1 amide bonds. The second-order valence-electron chi connectivity index (χ2n) is 5.70. The highest BCUT2D eigenvalue weighted by molar-refractivity contribution is 7.14. The number of carbonyl (C=O) groups excluding carboxylic acids is 1. The minimum absolute atomic E-state index is 0.104. The summed E-state index contributed by atoms with van der Waals surface area (Å²) in [5.74, 6) is -1.66. The number of amides is 1. The Balaban J connectivity index is 1.51. The molecule has 4 aromatic rings. The van der Waals surface area contributed by atoms with Crippen LogP contribution in [0.3, 0.4) is 0 Å². The molecule has 9 heteroatoms. The zero-order valence-corrected chi connectivity index (χ0v) is 15.0. The highest BCUT2D eigenvalue weighted by Crippen LogP contribution is 2.29. The van der Waals surface area contributed by atoms with Crippen molar-refractivity contribution in [2.75, 3.05) is 10.6 Å². The van der Waals surface area contributed by atoms with Crippen LogP contribution in [0, 0.1) is 11.6 Å². The van der Waals surface area contributed by atoms with Gasteiger partial charge in [0.25, 0.3) is 5.91 Å². The average molecular weight is 398 g/mol. The molecule has 28 heavy (non-hydrogen) atoms. The fourth-order valence-corrected chi connectivity index (χ4v) is 3.18. The van der Waals surface area contributed by atoms with Crippen molar-refractivity contribution < 1.29 is 18.1 Å². The summed E-state index contributed by atoms with van der Waals surface area (Å²) in [7, 11) is 0. The minimum Gasteiger partial charge on any atom is -0.351 e. The molecule has 4 rings (SSSR count). The van der Waals surface area contributed by atoms with E-state index < -0.39 is 17.5 Å². The third-order valence-corrected chi connectivity index (χ3v) is 4.51. The van der Waals surface area contributed by atoms with E-state index in [1.165, 1.54) is 35.7 Å². The van der Waals surface area contributed by atoms with E-state index >= 15 is 0 Å². The number of thiazole rings is 1. The highest BCUT2D eigenvalue weighted by atomic mass is 32.1. The SMILES string of the molecule is O=C(Nc1cccc(-c2csc(Nc3ccc(F)cc3F)n2)c1)c1ccno1. The lowest BCUT2D eigenvalue weighted by Gasteiger charge is -2.05. The monoisotopic (exact) mass is 398 g/mol. The Morgan fingerprint density at radius 1 is 1.11 bits per heavy atom. The first-order valence-corrected chi connectivity index (χ1v) is 8.96. The molecule has 140 valence electrons. The Labute approximate surface area is 161 Å². The lowest BCUT2D eigenvalue weighted by atomic mass is 10.1. The normalized spacial score (nSPS) is 10.6. The first kappa shape index (κ1) is 17.8. The predicted octanol–water partition coefficient (Wildman–Crippen LogP) is 5.07.